The lowest BCUT2D eigenvalue weighted by molar-refractivity contribution is 0.504. The van der Waals surface area contributed by atoms with Crippen LogP contribution in [0.15, 0.2) is 0 Å². The van der Waals surface area contributed by atoms with Gasteiger partial charge in [0.1, 0.15) is 5.82 Å². The highest BCUT2D eigenvalue weighted by Crippen LogP contribution is 2.03. The van der Waals surface area contributed by atoms with E-state index < -0.39 is 0 Å². The molecule has 0 aliphatic heterocycles. The average Bonchev–Trinajstić information content (AvgIpc) is 2.32. The van der Waals surface area contributed by atoms with E-state index in [9.17, 15) is 0 Å². The van der Waals surface area contributed by atoms with Crippen LogP contribution < -0.4 is 0 Å². The maximum absolute atomic E-state index is 5.10. The first-order chi connectivity index (χ1) is 5.65. The lowest BCUT2D eigenvalue weighted by Gasteiger charge is -2.07. The van der Waals surface area contributed by atoms with Crippen molar-refractivity contribution in [2.24, 2.45) is 5.92 Å². The average molecular weight is 185 g/mol. The van der Waals surface area contributed by atoms with Crippen molar-refractivity contribution in [3.8, 4) is 0 Å². The summed E-state index contributed by atoms with van der Waals surface area (Å²) in [5, 5.41) is 6.94. The summed E-state index contributed by atoms with van der Waals surface area (Å²) in [4.78, 5) is 0. The number of hydrogen-bond acceptors (Lipinski definition) is 2. The minimum absolute atomic E-state index is 0.611. The van der Waals surface area contributed by atoms with Gasteiger partial charge in [-0.25, -0.2) is 0 Å². The summed E-state index contributed by atoms with van der Waals surface area (Å²) < 4.78 is 2.81. The molecule has 1 aromatic heterocycles. The Morgan fingerprint density at radius 2 is 2.25 bits per heavy atom. The van der Waals surface area contributed by atoms with Gasteiger partial charge in [0.2, 0.25) is 0 Å². The van der Waals surface area contributed by atoms with E-state index in [4.69, 9.17) is 12.2 Å². The fraction of sp³-hybridized carbons (Fsp3) is 0.750. The molecule has 1 aromatic rings. The van der Waals surface area contributed by atoms with E-state index in [0.29, 0.717) is 5.92 Å². The van der Waals surface area contributed by atoms with E-state index in [1.807, 2.05) is 0 Å². The van der Waals surface area contributed by atoms with Crippen LogP contribution in [-0.2, 0) is 13.0 Å². The van der Waals surface area contributed by atoms with E-state index in [-0.39, 0.29) is 0 Å². The normalized spacial score (nSPS) is 11.0. The standard InChI is InChI=1S/C8H15N3S/c1-4-7-9-10-8(12)11(7)5-6(2)3/h6H,4-5H2,1-3H3,(H,10,12). The van der Waals surface area contributed by atoms with Gasteiger partial charge < -0.3 is 4.57 Å². The molecule has 1 heterocycles. The van der Waals surface area contributed by atoms with Crippen LogP contribution >= 0.6 is 12.2 Å². The molecule has 1 N–H and O–H groups in total. The Hall–Kier alpha value is -0.640. The number of nitrogens with one attached hydrogen (secondary N) is 1. The Balaban J connectivity index is 2.94. The summed E-state index contributed by atoms with van der Waals surface area (Å²) >= 11 is 5.10. The van der Waals surface area contributed by atoms with Crippen molar-refractivity contribution in [3.63, 3.8) is 0 Å². The molecular formula is C8H15N3S. The number of nitrogens with zero attached hydrogens (tertiary/aromatic N) is 2. The van der Waals surface area contributed by atoms with Crippen LogP contribution in [0.1, 0.15) is 26.6 Å². The highest BCUT2D eigenvalue weighted by molar-refractivity contribution is 7.71. The molecule has 12 heavy (non-hydrogen) atoms. The molecule has 4 heteroatoms. The van der Waals surface area contributed by atoms with Gasteiger partial charge in [-0.1, -0.05) is 20.8 Å². The van der Waals surface area contributed by atoms with Gasteiger partial charge in [-0.3, -0.25) is 5.10 Å². The van der Waals surface area contributed by atoms with Crippen molar-refractivity contribution >= 4 is 12.2 Å². The van der Waals surface area contributed by atoms with Crippen LogP contribution in [0.2, 0.25) is 0 Å². The number of aromatic amines is 1. The van der Waals surface area contributed by atoms with Gasteiger partial charge in [-0.05, 0) is 18.1 Å². The third-order valence-electron chi connectivity index (χ3n) is 1.70. The topological polar surface area (TPSA) is 33.6 Å². The molecule has 3 nitrogen and oxygen atoms in total. The first kappa shape index (κ1) is 9.45. The second kappa shape index (κ2) is 3.85. The molecule has 0 saturated carbocycles. The molecule has 1 rings (SSSR count). The van der Waals surface area contributed by atoms with Crippen molar-refractivity contribution in [1.82, 2.24) is 14.8 Å². The Kier molecular flexibility index (Phi) is 3.03. The van der Waals surface area contributed by atoms with E-state index in [1.54, 1.807) is 0 Å². The van der Waals surface area contributed by atoms with Crippen molar-refractivity contribution in [2.45, 2.75) is 33.7 Å². The van der Waals surface area contributed by atoms with E-state index in [0.717, 1.165) is 23.6 Å². The fourth-order valence-corrected chi connectivity index (χ4v) is 1.40. The molecule has 0 amide bonds. The third-order valence-corrected chi connectivity index (χ3v) is 2.01. The molecule has 0 atom stereocenters. The molecule has 0 fully saturated rings. The number of rotatable bonds is 3. The Morgan fingerprint density at radius 1 is 1.58 bits per heavy atom. The second-order valence-electron chi connectivity index (χ2n) is 3.30. The van der Waals surface area contributed by atoms with Crippen LogP contribution in [0.25, 0.3) is 0 Å². The van der Waals surface area contributed by atoms with Crippen LogP contribution in [0, 0.1) is 10.7 Å². The maximum atomic E-state index is 5.10. The lowest BCUT2D eigenvalue weighted by atomic mass is 10.2. The molecule has 0 radical (unpaired) electrons. The summed E-state index contributed by atoms with van der Waals surface area (Å²) in [5.41, 5.74) is 0. The number of aryl methyl sites for hydroxylation is 1. The summed E-state index contributed by atoms with van der Waals surface area (Å²) in [6, 6.07) is 0. The van der Waals surface area contributed by atoms with Crippen LogP contribution in [0.4, 0.5) is 0 Å². The van der Waals surface area contributed by atoms with Crippen LogP contribution in [0.5, 0.6) is 0 Å². The highest BCUT2D eigenvalue weighted by Gasteiger charge is 2.04. The van der Waals surface area contributed by atoms with Crippen molar-refractivity contribution in [3.05, 3.63) is 10.6 Å². The van der Waals surface area contributed by atoms with Gasteiger partial charge >= 0.3 is 0 Å². The molecule has 0 aromatic carbocycles. The minimum atomic E-state index is 0.611. The molecule has 0 spiro atoms. The van der Waals surface area contributed by atoms with Crippen molar-refractivity contribution in [1.29, 1.82) is 0 Å². The quantitative estimate of drug-likeness (QED) is 0.732. The number of H-pyrrole nitrogens is 1. The third kappa shape index (κ3) is 1.94. The molecule has 0 saturated heterocycles. The molecule has 0 aliphatic carbocycles. The molecule has 0 unspecified atom stereocenters. The monoisotopic (exact) mass is 185 g/mol. The fourth-order valence-electron chi connectivity index (χ4n) is 1.17. The Morgan fingerprint density at radius 3 is 2.75 bits per heavy atom. The summed E-state index contributed by atoms with van der Waals surface area (Å²) in [5.74, 6) is 1.66. The molecular weight excluding hydrogens is 170 g/mol. The minimum Gasteiger partial charge on any atom is -0.304 e. The largest absolute Gasteiger partial charge is 0.304 e. The zero-order valence-corrected chi connectivity index (χ0v) is 8.61. The molecule has 68 valence electrons. The van der Waals surface area contributed by atoms with Crippen molar-refractivity contribution in [2.75, 3.05) is 0 Å². The predicted molar refractivity (Wildman–Crippen MR) is 51.6 cm³/mol. The van der Waals surface area contributed by atoms with Crippen LogP contribution in [-0.4, -0.2) is 14.8 Å². The smallest absolute Gasteiger partial charge is 0.195 e. The number of aromatic nitrogens is 3. The van der Waals surface area contributed by atoms with Gasteiger partial charge in [-0.2, -0.15) is 5.10 Å². The SMILES string of the molecule is CCc1n[nH]c(=S)n1CC(C)C. The Labute approximate surface area is 77.8 Å². The van der Waals surface area contributed by atoms with Crippen LogP contribution in [0.3, 0.4) is 0 Å². The van der Waals surface area contributed by atoms with Crippen molar-refractivity contribution < 1.29 is 0 Å². The van der Waals surface area contributed by atoms with Gasteiger partial charge in [-0.15, -0.1) is 0 Å². The predicted octanol–water partition coefficient (Wildman–Crippen LogP) is 2.16. The Bertz CT molecular complexity index is 297. The zero-order chi connectivity index (χ0) is 9.14. The van der Waals surface area contributed by atoms with E-state index in [1.165, 1.54) is 0 Å². The van der Waals surface area contributed by atoms with Gasteiger partial charge in [0.25, 0.3) is 0 Å². The summed E-state index contributed by atoms with van der Waals surface area (Å²) in [7, 11) is 0. The van der Waals surface area contributed by atoms with Gasteiger partial charge in [0.15, 0.2) is 4.77 Å². The summed E-state index contributed by atoms with van der Waals surface area (Å²) in [6.45, 7) is 7.39. The van der Waals surface area contributed by atoms with E-state index >= 15 is 0 Å². The first-order valence-corrected chi connectivity index (χ1v) is 4.70. The molecule has 0 bridgehead atoms. The number of hydrogen-bond donors (Lipinski definition) is 1. The maximum Gasteiger partial charge on any atom is 0.195 e. The van der Waals surface area contributed by atoms with Gasteiger partial charge in [0.05, 0.1) is 0 Å². The lowest BCUT2D eigenvalue weighted by Crippen LogP contribution is -2.08. The molecule has 0 aliphatic rings. The van der Waals surface area contributed by atoms with E-state index in [2.05, 4.69) is 35.5 Å². The zero-order valence-electron chi connectivity index (χ0n) is 7.79. The second-order valence-corrected chi connectivity index (χ2v) is 3.69. The first-order valence-electron chi connectivity index (χ1n) is 4.29. The van der Waals surface area contributed by atoms with Gasteiger partial charge in [0, 0.05) is 13.0 Å². The highest BCUT2D eigenvalue weighted by atomic mass is 32.1. The summed E-state index contributed by atoms with van der Waals surface area (Å²) in [6.07, 6.45) is 0.930.